The van der Waals surface area contributed by atoms with Crippen molar-refractivity contribution >= 4 is 39.1 Å². The zero-order chi connectivity index (χ0) is 26.3. The summed E-state index contributed by atoms with van der Waals surface area (Å²) in [4.78, 5) is 28.6. The smallest absolute Gasteiger partial charge is 0.259 e. The highest BCUT2D eigenvalue weighted by Gasteiger charge is 2.24. The number of fused-ring (bicyclic) bond motifs is 1. The van der Waals surface area contributed by atoms with Gasteiger partial charge in [0, 0.05) is 43.8 Å². The van der Waals surface area contributed by atoms with Crippen LogP contribution in [-0.2, 0) is 32.5 Å². The molecule has 2 aromatic carbocycles. The van der Waals surface area contributed by atoms with Crippen LogP contribution in [0.15, 0.2) is 41.3 Å². The molecule has 0 bridgehead atoms. The van der Waals surface area contributed by atoms with Gasteiger partial charge in [-0.25, -0.2) is 8.42 Å². The molecule has 0 saturated heterocycles. The minimum atomic E-state index is -4.04. The SMILES string of the molecule is COCCN1CCc2cc(CNc3cc(Cl)ccc3S(=O)(=O)NNC(=O)CCC(C)C)ccc2C1=O. The average Bonchev–Trinajstić information content (AvgIpc) is 2.84. The first-order chi connectivity index (χ1) is 17.1. The molecule has 0 aliphatic carbocycles. The molecule has 2 amide bonds. The number of carbonyl (C=O) groups is 2. The molecular weight excluding hydrogens is 504 g/mol. The Kier molecular flexibility index (Phi) is 9.72. The Labute approximate surface area is 217 Å². The summed E-state index contributed by atoms with van der Waals surface area (Å²) in [5.74, 6) is -0.0894. The third kappa shape index (κ3) is 7.42. The topological polar surface area (TPSA) is 117 Å². The number of anilines is 1. The van der Waals surface area contributed by atoms with E-state index in [0.29, 0.717) is 54.9 Å². The molecule has 0 spiro atoms. The highest BCUT2D eigenvalue weighted by molar-refractivity contribution is 7.89. The van der Waals surface area contributed by atoms with Gasteiger partial charge in [-0.2, -0.15) is 0 Å². The van der Waals surface area contributed by atoms with Crippen LogP contribution >= 0.6 is 11.6 Å². The van der Waals surface area contributed by atoms with E-state index in [1.807, 2.05) is 26.0 Å². The maximum absolute atomic E-state index is 12.9. The van der Waals surface area contributed by atoms with Crippen LogP contribution in [0.2, 0.25) is 5.02 Å². The van der Waals surface area contributed by atoms with Crippen LogP contribution in [0.1, 0.15) is 48.2 Å². The highest BCUT2D eigenvalue weighted by Crippen LogP contribution is 2.26. The van der Waals surface area contributed by atoms with Crippen molar-refractivity contribution in [1.82, 2.24) is 15.2 Å². The van der Waals surface area contributed by atoms with Gasteiger partial charge in [0.25, 0.3) is 15.9 Å². The second-order valence-corrected chi connectivity index (χ2v) is 11.2. The predicted octanol–water partition coefficient (Wildman–Crippen LogP) is 3.34. The second kappa shape index (κ2) is 12.5. The number of benzene rings is 2. The number of nitrogens with zero attached hydrogens (tertiary/aromatic N) is 1. The lowest BCUT2D eigenvalue weighted by Crippen LogP contribution is -2.41. The maximum Gasteiger partial charge on any atom is 0.259 e. The molecule has 3 rings (SSSR count). The fourth-order valence-electron chi connectivity index (χ4n) is 3.85. The van der Waals surface area contributed by atoms with Crippen LogP contribution in [0.4, 0.5) is 5.69 Å². The number of carbonyl (C=O) groups excluding carboxylic acids is 2. The largest absolute Gasteiger partial charge is 0.383 e. The van der Waals surface area contributed by atoms with Crippen molar-refractivity contribution in [3.63, 3.8) is 0 Å². The third-order valence-corrected chi connectivity index (χ3v) is 7.43. The molecule has 0 unspecified atom stereocenters. The number of hydrogen-bond acceptors (Lipinski definition) is 6. The molecule has 0 atom stereocenters. The Bertz CT molecular complexity index is 1200. The molecule has 0 aromatic heterocycles. The van der Waals surface area contributed by atoms with Gasteiger partial charge >= 0.3 is 0 Å². The van der Waals surface area contributed by atoms with Crippen LogP contribution in [0.5, 0.6) is 0 Å². The van der Waals surface area contributed by atoms with Crippen molar-refractivity contribution in [3.8, 4) is 0 Å². The Hall–Kier alpha value is -2.66. The first kappa shape index (κ1) is 27.9. The lowest BCUT2D eigenvalue weighted by Gasteiger charge is -2.28. The van der Waals surface area contributed by atoms with Gasteiger partial charge in [-0.15, -0.1) is 4.83 Å². The van der Waals surface area contributed by atoms with Crippen LogP contribution in [-0.4, -0.2) is 51.9 Å². The monoisotopic (exact) mass is 536 g/mol. The molecule has 196 valence electrons. The number of amides is 2. The first-order valence-corrected chi connectivity index (χ1v) is 13.7. The van der Waals surface area contributed by atoms with Crippen molar-refractivity contribution < 1.29 is 22.7 Å². The van der Waals surface area contributed by atoms with Gasteiger partial charge in [-0.1, -0.05) is 37.6 Å². The Morgan fingerprint density at radius 1 is 1.19 bits per heavy atom. The van der Waals surface area contributed by atoms with E-state index < -0.39 is 15.9 Å². The van der Waals surface area contributed by atoms with Gasteiger partial charge in [0.05, 0.1) is 12.3 Å². The molecule has 1 aliphatic heterocycles. The molecule has 0 radical (unpaired) electrons. The fraction of sp³-hybridized carbons (Fsp3) is 0.440. The molecule has 3 N–H and O–H groups in total. The standard InChI is InChI=1S/C25H33ClN4O5S/c1-17(2)4-9-24(31)28-29-36(33,34)23-8-6-20(26)15-22(23)27-16-18-5-7-21-19(14-18)10-11-30(25(21)32)12-13-35-3/h5-8,14-15,17,27,29H,4,9-13,16H2,1-3H3,(H,28,31). The van der Waals surface area contributed by atoms with Crippen LogP contribution < -0.4 is 15.6 Å². The number of methoxy groups -OCH3 is 1. The van der Waals surface area contributed by atoms with E-state index in [0.717, 1.165) is 17.5 Å². The molecule has 1 heterocycles. The number of sulfonamides is 1. The number of halogens is 1. The van der Waals surface area contributed by atoms with Gasteiger partial charge in [0.15, 0.2) is 0 Å². The second-order valence-electron chi connectivity index (χ2n) is 9.11. The summed E-state index contributed by atoms with van der Waals surface area (Å²) in [6.45, 7) is 5.96. The molecule has 36 heavy (non-hydrogen) atoms. The Balaban J connectivity index is 1.70. The molecule has 1 aliphatic rings. The van der Waals surface area contributed by atoms with Crippen LogP contribution in [0, 0.1) is 5.92 Å². The molecule has 0 fully saturated rings. The van der Waals surface area contributed by atoms with E-state index in [2.05, 4.69) is 15.6 Å². The zero-order valence-corrected chi connectivity index (χ0v) is 22.3. The Morgan fingerprint density at radius 3 is 2.69 bits per heavy atom. The van der Waals surface area contributed by atoms with E-state index in [1.165, 1.54) is 18.2 Å². The van der Waals surface area contributed by atoms with Crippen molar-refractivity contribution in [2.45, 2.75) is 44.6 Å². The lowest BCUT2D eigenvalue weighted by molar-refractivity contribution is -0.121. The summed E-state index contributed by atoms with van der Waals surface area (Å²) in [5.41, 5.74) is 5.08. The minimum absolute atomic E-state index is 0.0162. The average molecular weight is 537 g/mol. The van der Waals surface area contributed by atoms with Crippen molar-refractivity contribution in [2.75, 3.05) is 32.1 Å². The molecule has 11 heteroatoms. The summed E-state index contributed by atoms with van der Waals surface area (Å²) in [6, 6.07) is 9.98. The summed E-state index contributed by atoms with van der Waals surface area (Å²) in [5, 5.41) is 3.50. The van der Waals surface area contributed by atoms with Gasteiger partial charge in [-0.3, -0.25) is 15.0 Å². The van der Waals surface area contributed by atoms with Crippen LogP contribution in [0.3, 0.4) is 0 Å². The van der Waals surface area contributed by atoms with E-state index >= 15 is 0 Å². The summed E-state index contributed by atoms with van der Waals surface area (Å²) in [6.07, 6.45) is 1.60. The fourth-order valence-corrected chi connectivity index (χ4v) is 5.05. The van der Waals surface area contributed by atoms with Gasteiger partial charge in [0.2, 0.25) is 5.91 Å². The number of hydrogen-bond donors (Lipinski definition) is 3. The molecule has 9 nitrogen and oxygen atoms in total. The number of ether oxygens (including phenoxy) is 1. The van der Waals surface area contributed by atoms with E-state index in [4.69, 9.17) is 16.3 Å². The molecule has 2 aromatic rings. The third-order valence-electron chi connectivity index (χ3n) is 5.89. The lowest BCUT2D eigenvalue weighted by atomic mass is 9.96. The maximum atomic E-state index is 12.9. The summed E-state index contributed by atoms with van der Waals surface area (Å²) in [7, 11) is -2.44. The molecular formula is C25H33ClN4O5S. The van der Waals surface area contributed by atoms with Crippen molar-refractivity contribution in [1.29, 1.82) is 0 Å². The summed E-state index contributed by atoms with van der Waals surface area (Å²) >= 11 is 6.13. The van der Waals surface area contributed by atoms with E-state index in [-0.39, 0.29) is 17.2 Å². The van der Waals surface area contributed by atoms with E-state index in [9.17, 15) is 18.0 Å². The minimum Gasteiger partial charge on any atom is -0.383 e. The highest BCUT2D eigenvalue weighted by atomic mass is 35.5. The van der Waals surface area contributed by atoms with Crippen molar-refractivity contribution in [2.24, 2.45) is 5.92 Å². The molecule has 0 saturated carbocycles. The zero-order valence-electron chi connectivity index (χ0n) is 20.8. The normalized spacial score (nSPS) is 13.6. The predicted molar refractivity (Wildman–Crippen MR) is 139 cm³/mol. The first-order valence-electron chi connectivity index (χ1n) is 11.8. The number of nitrogens with one attached hydrogen (secondary N) is 3. The van der Waals surface area contributed by atoms with Gasteiger partial charge < -0.3 is 15.0 Å². The van der Waals surface area contributed by atoms with Gasteiger partial charge in [0.1, 0.15) is 4.90 Å². The van der Waals surface area contributed by atoms with Gasteiger partial charge in [-0.05, 0) is 54.2 Å². The number of hydrazine groups is 1. The van der Waals surface area contributed by atoms with Crippen molar-refractivity contribution in [3.05, 3.63) is 58.1 Å². The number of rotatable bonds is 12. The van der Waals surface area contributed by atoms with Crippen LogP contribution in [0.25, 0.3) is 0 Å². The Morgan fingerprint density at radius 2 is 1.97 bits per heavy atom. The van der Waals surface area contributed by atoms with E-state index in [1.54, 1.807) is 18.1 Å². The summed E-state index contributed by atoms with van der Waals surface area (Å²) < 4.78 is 30.9. The quantitative estimate of drug-likeness (QED) is 0.358.